The molecule has 0 aromatic carbocycles. The van der Waals surface area contributed by atoms with E-state index >= 15 is 0 Å². The molecule has 0 aromatic rings. The molecule has 90 valence electrons. The minimum atomic E-state index is -1.52. The van der Waals surface area contributed by atoms with Gasteiger partial charge in [-0.2, -0.15) is 0 Å². The lowest BCUT2D eigenvalue weighted by molar-refractivity contribution is -0.178. The molecule has 0 bridgehead atoms. The number of carboxylic acids is 1. The van der Waals surface area contributed by atoms with E-state index in [1.54, 1.807) is 6.92 Å². The zero-order valence-electron chi connectivity index (χ0n) is 9.28. The molecule has 2 N–H and O–H groups in total. The van der Waals surface area contributed by atoms with Crippen LogP contribution in [0.4, 0.5) is 0 Å². The van der Waals surface area contributed by atoms with Crippen LogP contribution in [0.25, 0.3) is 0 Å². The van der Waals surface area contributed by atoms with Gasteiger partial charge in [-0.25, -0.2) is 9.59 Å². The predicted molar refractivity (Wildman–Crippen MR) is 53.6 cm³/mol. The average molecular weight is 229 g/mol. The first-order valence-electron chi connectivity index (χ1n) is 5.14. The molecule has 0 aliphatic carbocycles. The molecule has 1 aliphatic rings. The molecular formula is C10H15NO5. The van der Waals surface area contributed by atoms with Gasteiger partial charge in [-0.05, 0) is 19.8 Å². The highest BCUT2D eigenvalue weighted by Gasteiger charge is 2.39. The van der Waals surface area contributed by atoms with Gasteiger partial charge in [-0.3, -0.25) is 4.79 Å². The molecule has 0 spiro atoms. The van der Waals surface area contributed by atoms with Gasteiger partial charge in [0.1, 0.15) is 6.04 Å². The Morgan fingerprint density at radius 1 is 1.62 bits per heavy atom. The van der Waals surface area contributed by atoms with Crippen LogP contribution in [0.2, 0.25) is 0 Å². The summed E-state index contributed by atoms with van der Waals surface area (Å²) in [6, 6.07) is -0.710. The molecule has 1 heterocycles. The Morgan fingerprint density at radius 2 is 2.25 bits per heavy atom. The highest BCUT2D eigenvalue weighted by atomic mass is 16.6. The molecule has 2 atom stereocenters. The van der Waals surface area contributed by atoms with Crippen LogP contribution in [0.5, 0.6) is 0 Å². The quantitative estimate of drug-likeness (QED) is 0.665. The largest absolute Gasteiger partial charge is 0.478 e. The Balaban J connectivity index is 2.62. The molecule has 0 radical (unpaired) electrons. The Kier molecular flexibility index (Phi) is 3.51. The normalized spacial score (nSPS) is 23.4. The van der Waals surface area contributed by atoms with Gasteiger partial charge in [0, 0.05) is 6.42 Å². The highest BCUT2D eigenvalue weighted by Crippen LogP contribution is 2.18. The molecule has 1 amide bonds. The van der Waals surface area contributed by atoms with Crippen molar-refractivity contribution in [3.8, 4) is 0 Å². The monoisotopic (exact) mass is 229 g/mol. The van der Waals surface area contributed by atoms with Gasteiger partial charge in [0.05, 0.1) is 0 Å². The first-order valence-corrected chi connectivity index (χ1v) is 5.14. The molecule has 16 heavy (non-hydrogen) atoms. The number of nitrogens with one attached hydrogen (secondary N) is 1. The summed E-state index contributed by atoms with van der Waals surface area (Å²) in [5.74, 6) is -2.08. The summed E-state index contributed by atoms with van der Waals surface area (Å²) >= 11 is 0. The van der Waals surface area contributed by atoms with Crippen molar-refractivity contribution in [2.45, 2.75) is 44.8 Å². The summed E-state index contributed by atoms with van der Waals surface area (Å²) < 4.78 is 4.93. The third-order valence-electron chi connectivity index (χ3n) is 2.73. The Labute approximate surface area is 93.0 Å². The van der Waals surface area contributed by atoms with Crippen molar-refractivity contribution >= 4 is 17.8 Å². The Morgan fingerprint density at radius 3 is 2.62 bits per heavy atom. The van der Waals surface area contributed by atoms with E-state index in [9.17, 15) is 14.4 Å². The van der Waals surface area contributed by atoms with Crippen LogP contribution < -0.4 is 5.32 Å². The standard InChI is InChI=1S/C10H15NO5/c1-3-10(2,9(14)15)16-8(13)6-4-5-7(12)11-6/h6H,3-5H2,1-2H3,(H,11,12)(H,14,15). The topological polar surface area (TPSA) is 92.7 Å². The van der Waals surface area contributed by atoms with Gasteiger partial charge in [0.2, 0.25) is 11.5 Å². The van der Waals surface area contributed by atoms with E-state index in [1.165, 1.54) is 6.92 Å². The molecule has 1 rings (SSSR count). The fourth-order valence-electron chi connectivity index (χ4n) is 1.35. The van der Waals surface area contributed by atoms with Crippen LogP contribution in [0.1, 0.15) is 33.1 Å². The number of hydrogen-bond acceptors (Lipinski definition) is 4. The fourth-order valence-corrected chi connectivity index (χ4v) is 1.35. The number of carboxylic acid groups (broad SMARTS) is 1. The number of esters is 1. The molecule has 0 aromatic heterocycles. The van der Waals surface area contributed by atoms with Crippen molar-refractivity contribution in [3.63, 3.8) is 0 Å². The lowest BCUT2D eigenvalue weighted by Gasteiger charge is -2.24. The van der Waals surface area contributed by atoms with E-state index in [0.29, 0.717) is 6.42 Å². The smallest absolute Gasteiger partial charge is 0.347 e. The summed E-state index contributed by atoms with van der Waals surface area (Å²) in [5, 5.41) is 11.3. The van der Waals surface area contributed by atoms with Crippen molar-refractivity contribution < 1.29 is 24.2 Å². The Bertz CT molecular complexity index is 327. The van der Waals surface area contributed by atoms with E-state index in [1.807, 2.05) is 0 Å². The van der Waals surface area contributed by atoms with E-state index in [4.69, 9.17) is 9.84 Å². The van der Waals surface area contributed by atoms with Gasteiger partial charge in [-0.15, -0.1) is 0 Å². The summed E-state index contributed by atoms with van der Waals surface area (Å²) in [4.78, 5) is 33.4. The van der Waals surface area contributed by atoms with Crippen molar-refractivity contribution in [2.75, 3.05) is 0 Å². The van der Waals surface area contributed by atoms with Gasteiger partial charge >= 0.3 is 11.9 Å². The number of ether oxygens (including phenoxy) is 1. The van der Waals surface area contributed by atoms with E-state index in [-0.39, 0.29) is 18.7 Å². The van der Waals surface area contributed by atoms with Crippen LogP contribution in [-0.4, -0.2) is 34.6 Å². The van der Waals surface area contributed by atoms with E-state index in [0.717, 1.165) is 0 Å². The lowest BCUT2D eigenvalue weighted by Crippen LogP contribution is -2.45. The van der Waals surface area contributed by atoms with Gasteiger partial charge < -0.3 is 15.2 Å². The number of hydrogen-bond donors (Lipinski definition) is 2. The first-order chi connectivity index (χ1) is 7.39. The van der Waals surface area contributed by atoms with Crippen LogP contribution in [0.15, 0.2) is 0 Å². The maximum absolute atomic E-state index is 11.6. The second kappa shape index (κ2) is 4.51. The van der Waals surface area contributed by atoms with E-state index in [2.05, 4.69) is 5.32 Å². The molecule has 2 unspecified atom stereocenters. The van der Waals surface area contributed by atoms with Gasteiger partial charge in [0.25, 0.3) is 0 Å². The van der Waals surface area contributed by atoms with Crippen LogP contribution in [0, 0.1) is 0 Å². The predicted octanol–water partition coefficient (Wildman–Crippen LogP) is 0.0615. The molecule has 0 saturated carbocycles. The lowest BCUT2D eigenvalue weighted by atomic mass is 10.0. The van der Waals surface area contributed by atoms with Gasteiger partial charge in [0.15, 0.2) is 0 Å². The number of aliphatic carboxylic acids is 1. The zero-order valence-corrected chi connectivity index (χ0v) is 9.28. The van der Waals surface area contributed by atoms with Gasteiger partial charge in [-0.1, -0.05) is 6.92 Å². The second-order valence-corrected chi connectivity index (χ2v) is 3.97. The fraction of sp³-hybridized carbons (Fsp3) is 0.700. The minimum absolute atomic E-state index is 0.175. The number of carbonyl (C=O) groups is 3. The van der Waals surface area contributed by atoms with Crippen LogP contribution >= 0.6 is 0 Å². The van der Waals surface area contributed by atoms with Crippen molar-refractivity contribution in [2.24, 2.45) is 0 Å². The highest BCUT2D eigenvalue weighted by molar-refractivity contribution is 5.89. The first kappa shape index (κ1) is 12.5. The van der Waals surface area contributed by atoms with Crippen LogP contribution in [-0.2, 0) is 19.1 Å². The SMILES string of the molecule is CCC(C)(OC(=O)C1CCC(=O)N1)C(=O)O. The summed E-state index contributed by atoms with van der Waals surface area (Å²) in [7, 11) is 0. The molecule has 6 heteroatoms. The van der Waals surface area contributed by atoms with Crippen LogP contribution in [0.3, 0.4) is 0 Å². The molecule has 6 nitrogen and oxygen atoms in total. The van der Waals surface area contributed by atoms with Crippen molar-refractivity contribution in [3.05, 3.63) is 0 Å². The van der Waals surface area contributed by atoms with Crippen molar-refractivity contribution in [1.29, 1.82) is 0 Å². The summed E-state index contributed by atoms with van der Waals surface area (Å²) in [5.41, 5.74) is -1.52. The third-order valence-corrected chi connectivity index (χ3v) is 2.73. The molecule has 1 fully saturated rings. The number of amides is 1. The zero-order chi connectivity index (χ0) is 12.3. The van der Waals surface area contributed by atoms with Crippen molar-refractivity contribution in [1.82, 2.24) is 5.32 Å². The average Bonchev–Trinajstić information content (AvgIpc) is 2.64. The molecule has 1 saturated heterocycles. The third kappa shape index (κ3) is 2.50. The number of carbonyl (C=O) groups excluding carboxylic acids is 2. The van der Waals surface area contributed by atoms with E-state index < -0.39 is 23.6 Å². The second-order valence-electron chi connectivity index (χ2n) is 3.97. The number of rotatable bonds is 4. The maximum Gasteiger partial charge on any atom is 0.347 e. The summed E-state index contributed by atoms with van der Waals surface area (Å²) in [6.07, 6.45) is 0.807. The maximum atomic E-state index is 11.6. The minimum Gasteiger partial charge on any atom is -0.478 e. The Hall–Kier alpha value is -1.59. The molecule has 1 aliphatic heterocycles. The summed E-state index contributed by atoms with van der Waals surface area (Å²) in [6.45, 7) is 2.96. The molecular weight excluding hydrogens is 214 g/mol.